The summed E-state index contributed by atoms with van der Waals surface area (Å²) in [7, 11) is -8.67. The second-order valence-corrected chi connectivity index (χ2v) is 2.61. The van der Waals surface area contributed by atoms with Crippen LogP contribution in [-0.4, -0.2) is 89.6 Å². The van der Waals surface area contributed by atoms with Crippen LogP contribution >= 0.6 is 0 Å². The van der Waals surface area contributed by atoms with Crippen molar-refractivity contribution in [2.75, 3.05) is 0 Å². The van der Waals surface area contributed by atoms with Gasteiger partial charge in [0.25, 0.3) is 0 Å². The van der Waals surface area contributed by atoms with Gasteiger partial charge in [-0.25, -0.2) is 0 Å². The molecule has 0 aliphatic rings. The largest absolute Gasteiger partial charge is 1.00 e. The fourth-order valence-electron chi connectivity index (χ4n) is 0.371. The molecule has 0 bridgehead atoms. The van der Waals surface area contributed by atoms with Gasteiger partial charge in [0, 0.05) is 5.82 Å². The van der Waals surface area contributed by atoms with Gasteiger partial charge in [-0.3, -0.25) is 4.39 Å². The zero-order chi connectivity index (χ0) is 19.4. The van der Waals surface area contributed by atoms with Crippen LogP contribution in [-0.2, 0) is 0 Å². The molecule has 0 saturated carbocycles. The zero-order valence-electron chi connectivity index (χ0n) is 12.4. The third-order valence-corrected chi connectivity index (χ3v) is 0.669. The minimum atomic E-state index is -2.17. The number of halogens is 1. The van der Waals surface area contributed by atoms with E-state index in [2.05, 4.69) is 6.07 Å². The topological polar surface area (TPSA) is 243 Å². The molecule has 0 radical (unpaired) electrons. The van der Waals surface area contributed by atoms with Gasteiger partial charge in [-0.2, -0.15) is 18.2 Å². The van der Waals surface area contributed by atoms with Crippen molar-refractivity contribution in [3.8, 4) is 0 Å². The molecule has 0 saturated heterocycles. The zero-order valence-corrected chi connectivity index (χ0v) is 14.4. The van der Waals surface area contributed by atoms with Gasteiger partial charge in [-0.15, -0.1) is 12.1 Å². The van der Waals surface area contributed by atoms with Crippen LogP contribution < -0.4 is 29.6 Å². The maximum atomic E-state index is 11.9. The quantitative estimate of drug-likeness (QED) is 0.151. The molecule has 12 N–H and O–H groups in total. The molecule has 1 rings (SSSR count). The van der Waals surface area contributed by atoms with Crippen molar-refractivity contribution < 1.29 is 94.2 Å². The van der Waals surface area contributed by atoms with Crippen LogP contribution in [0.15, 0.2) is 24.3 Å². The third-order valence-electron chi connectivity index (χ3n) is 0.669. The van der Waals surface area contributed by atoms with Crippen LogP contribution in [0.4, 0.5) is 4.39 Å². The van der Waals surface area contributed by atoms with Gasteiger partial charge in [-0.1, -0.05) is 0 Å². The summed E-state index contributed by atoms with van der Waals surface area (Å²) >= 11 is 0. The van der Waals surface area contributed by atoms with Crippen molar-refractivity contribution in [1.29, 1.82) is 0 Å². The molecule has 1 aromatic rings. The van der Waals surface area contributed by atoms with E-state index in [-0.39, 0.29) is 35.4 Å². The molecule has 1 aromatic carbocycles. The van der Waals surface area contributed by atoms with Crippen molar-refractivity contribution in [3.05, 3.63) is 36.1 Å². The molecule has 0 heterocycles. The van der Waals surface area contributed by atoms with Crippen molar-refractivity contribution in [1.82, 2.24) is 0 Å². The normalized spacial score (nSPS) is 7.04. The first kappa shape index (κ1) is 35.1. The fourth-order valence-corrected chi connectivity index (χ4v) is 0.371. The smallest absolute Gasteiger partial charge is 0.402 e. The molecule has 0 aliphatic carbocycles. The van der Waals surface area contributed by atoms with E-state index >= 15 is 0 Å². The molecule has 132 valence electrons. The third kappa shape index (κ3) is 153. The van der Waals surface area contributed by atoms with E-state index in [0.717, 1.165) is 0 Å². The van der Waals surface area contributed by atoms with E-state index in [1.54, 1.807) is 12.1 Å². The van der Waals surface area contributed by atoms with Gasteiger partial charge >= 0.3 is 58.8 Å². The van der Waals surface area contributed by atoms with Gasteiger partial charge in [0.2, 0.25) is 0 Å². The first-order valence-electron chi connectivity index (χ1n) is 5.11. The van der Waals surface area contributed by atoms with Crippen molar-refractivity contribution >= 4 is 29.3 Å². The van der Waals surface area contributed by atoms with Gasteiger partial charge in [-0.05, 0) is 0 Å². The van der Waals surface area contributed by atoms with Gasteiger partial charge < -0.3 is 60.3 Å². The predicted octanol–water partition coefficient (Wildman–Crippen LogP) is -9.58. The Hall–Kier alpha value is -0.0703. The Balaban J connectivity index is -0.0000000641. The maximum absolute atomic E-state index is 11.9. The number of hydrogen-bond acceptors (Lipinski definition) is 12. The summed E-state index contributed by atoms with van der Waals surface area (Å²) in [4.78, 5) is 0. The molecule has 0 atom stereocenters. The molecule has 12 nitrogen and oxygen atoms in total. The van der Waals surface area contributed by atoms with Gasteiger partial charge in [0.15, 0.2) is 0 Å². The summed E-state index contributed by atoms with van der Waals surface area (Å²) in [6, 6.07) is 8.53. The Morgan fingerprint density at radius 2 is 0.917 bits per heavy atom. The standard InChI is InChI=1S/C6H4F.4BH3O3.Na/c7-6-4-2-1-3-5-6;4*2-1(3)4;/h1-2,4-5H;4*2-4H;/q-1;;;;;+1. The summed E-state index contributed by atoms with van der Waals surface area (Å²) in [6.45, 7) is 0. The predicted molar refractivity (Wildman–Crippen MR) is 74.9 cm³/mol. The van der Waals surface area contributed by atoms with Crippen molar-refractivity contribution in [3.63, 3.8) is 0 Å². The van der Waals surface area contributed by atoms with Gasteiger partial charge in [0.05, 0.1) is 0 Å². The summed E-state index contributed by atoms with van der Waals surface area (Å²) in [5, 5.41) is 86.0. The molecular formula is C6H16B4FNaO12. The first-order valence-corrected chi connectivity index (χ1v) is 5.11. The average Bonchev–Trinajstić information content (AvgIpc) is 2.26. The Kier molecular flexibility index (Phi) is 40.6. The van der Waals surface area contributed by atoms with E-state index in [4.69, 9.17) is 60.3 Å². The van der Waals surface area contributed by atoms with Crippen LogP contribution in [0.25, 0.3) is 0 Å². The number of benzene rings is 1. The molecule has 24 heavy (non-hydrogen) atoms. The first-order chi connectivity index (χ1) is 10.3. The van der Waals surface area contributed by atoms with E-state index in [1.165, 1.54) is 12.1 Å². The Morgan fingerprint density at radius 1 is 0.667 bits per heavy atom. The van der Waals surface area contributed by atoms with E-state index in [9.17, 15) is 4.39 Å². The van der Waals surface area contributed by atoms with Crippen LogP contribution in [0.3, 0.4) is 0 Å². The molecular weight excluding hydrogens is 349 g/mol. The van der Waals surface area contributed by atoms with Gasteiger partial charge in [0.1, 0.15) is 0 Å². The van der Waals surface area contributed by atoms with Crippen LogP contribution in [0, 0.1) is 11.9 Å². The Bertz CT molecular complexity index is 276. The van der Waals surface area contributed by atoms with Crippen LogP contribution in [0.2, 0.25) is 0 Å². The second-order valence-electron chi connectivity index (χ2n) is 2.61. The Labute approximate surface area is 159 Å². The second kappa shape index (κ2) is 27.8. The molecule has 0 spiro atoms. The number of hydrogen-bond donors (Lipinski definition) is 12. The number of rotatable bonds is 0. The summed E-state index contributed by atoms with van der Waals surface area (Å²) in [5.74, 6) is -0.234. The van der Waals surface area contributed by atoms with Crippen LogP contribution in [0.1, 0.15) is 0 Å². The van der Waals surface area contributed by atoms with Crippen molar-refractivity contribution in [2.24, 2.45) is 0 Å². The minimum absolute atomic E-state index is 0. The van der Waals surface area contributed by atoms with Crippen molar-refractivity contribution in [2.45, 2.75) is 0 Å². The monoisotopic (exact) mass is 366 g/mol. The molecule has 0 amide bonds. The molecule has 0 fully saturated rings. The van der Waals surface area contributed by atoms with E-state index in [1.807, 2.05) is 0 Å². The summed E-state index contributed by atoms with van der Waals surface area (Å²) < 4.78 is 11.9. The van der Waals surface area contributed by atoms with E-state index in [0.29, 0.717) is 0 Å². The summed E-state index contributed by atoms with van der Waals surface area (Å²) in [6.07, 6.45) is 0. The van der Waals surface area contributed by atoms with E-state index < -0.39 is 29.3 Å². The SMILES string of the molecule is Fc1c[c-]ccc1.OB(O)O.OB(O)O.OB(O)O.OB(O)O.[Na+]. The molecule has 0 aliphatic heterocycles. The Morgan fingerprint density at radius 3 is 1.00 bits per heavy atom. The van der Waals surface area contributed by atoms with Crippen LogP contribution in [0.5, 0.6) is 0 Å². The molecule has 0 unspecified atom stereocenters. The average molecular weight is 365 g/mol. The molecule has 18 heteroatoms. The minimum Gasteiger partial charge on any atom is -0.402 e. The molecule has 0 aromatic heterocycles. The maximum Gasteiger partial charge on any atom is 1.00 e. The fraction of sp³-hybridized carbons (Fsp3) is 0. The summed E-state index contributed by atoms with van der Waals surface area (Å²) in [5.41, 5.74) is 0.